The third-order valence-corrected chi connectivity index (χ3v) is 2.76. The lowest BCUT2D eigenvalue weighted by atomic mass is 10.0. The fraction of sp³-hybridized carbons (Fsp3) is 0.769. The summed E-state index contributed by atoms with van der Waals surface area (Å²) in [5.74, 6) is 5.46. The largest absolute Gasteiger partial charge is 0.340 e. The summed E-state index contributed by atoms with van der Waals surface area (Å²) in [6, 6.07) is 0. The van der Waals surface area contributed by atoms with Gasteiger partial charge in [0.1, 0.15) is 5.41 Å². The number of amides is 1. The summed E-state index contributed by atoms with van der Waals surface area (Å²) in [4.78, 5) is 11.8. The van der Waals surface area contributed by atoms with Crippen molar-refractivity contribution in [3.05, 3.63) is 0 Å². The zero-order valence-corrected chi connectivity index (χ0v) is 10.7. The molecule has 0 aromatic rings. The number of alkyl halides is 2. The Balaban J connectivity index is 2.67. The van der Waals surface area contributed by atoms with Crippen molar-refractivity contribution >= 4 is 5.91 Å². The van der Waals surface area contributed by atoms with Gasteiger partial charge in [-0.3, -0.25) is 4.79 Å². The van der Waals surface area contributed by atoms with E-state index in [0.717, 1.165) is 0 Å². The van der Waals surface area contributed by atoms with Crippen LogP contribution in [0.4, 0.5) is 8.78 Å². The second kappa shape index (κ2) is 4.64. The van der Waals surface area contributed by atoms with Gasteiger partial charge in [0, 0.05) is 5.92 Å². The van der Waals surface area contributed by atoms with Crippen LogP contribution in [0, 0.1) is 23.2 Å². The fourth-order valence-corrected chi connectivity index (χ4v) is 1.44. The average Bonchev–Trinajstić information content (AvgIpc) is 2.94. The van der Waals surface area contributed by atoms with Crippen LogP contribution in [0.5, 0.6) is 0 Å². The molecule has 0 saturated heterocycles. The number of hydrogen-bond donors (Lipinski definition) is 1. The predicted molar refractivity (Wildman–Crippen MR) is 62.5 cm³/mol. The molecule has 1 amide bonds. The molecule has 0 aromatic heterocycles. The third-order valence-electron chi connectivity index (χ3n) is 2.76. The van der Waals surface area contributed by atoms with E-state index >= 15 is 0 Å². The Morgan fingerprint density at radius 1 is 1.35 bits per heavy atom. The molecule has 1 rings (SSSR count). The first-order valence-electron chi connectivity index (χ1n) is 5.83. The van der Waals surface area contributed by atoms with Crippen LogP contribution in [0.25, 0.3) is 0 Å². The van der Waals surface area contributed by atoms with Gasteiger partial charge in [-0.05, 0) is 26.7 Å². The minimum atomic E-state index is -2.59. The zero-order chi connectivity index (χ0) is 13.3. The van der Waals surface area contributed by atoms with Crippen LogP contribution >= 0.6 is 0 Å². The summed E-state index contributed by atoms with van der Waals surface area (Å²) in [5.41, 5.74) is -2.21. The monoisotopic (exact) mass is 243 g/mol. The quantitative estimate of drug-likeness (QED) is 0.758. The second-order valence-corrected chi connectivity index (χ2v) is 5.46. The van der Waals surface area contributed by atoms with E-state index in [0.29, 0.717) is 0 Å². The number of rotatable bonds is 3. The van der Waals surface area contributed by atoms with Gasteiger partial charge in [0.05, 0.1) is 5.54 Å². The van der Waals surface area contributed by atoms with Crippen LogP contribution in [0.1, 0.15) is 40.5 Å². The number of carbonyl (C=O) groups excluding carboxylic acids is 1. The van der Waals surface area contributed by atoms with E-state index in [1.165, 1.54) is 0 Å². The van der Waals surface area contributed by atoms with E-state index in [2.05, 4.69) is 17.2 Å². The maximum atomic E-state index is 12.7. The molecule has 4 heteroatoms. The van der Waals surface area contributed by atoms with Crippen molar-refractivity contribution in [3.63, 3.8) is 0 Å². The lowest BCUT2D eigenvalue weighted by molar-refractivity contribution is -0.133. The smallest absolute Gasteiger partial charge is 0.252 e. The average molecular weight is 243 g/mol. The molecule has 1 aliphatic carbocycles. The Morgan fingerprint density at radius 2 is 1.88 bits per heavy atom. The maximum absolute atomic E-state index is 12.7. The van der Waals surface area contributed by atoms with Crippen LogP contribution in [0.3, 0.4) is 0 Å². The van der Waals surface area contributed by atoms with E-state index < -0.39 is 23.3 Å². The number of carbonyl (C=O) groups is 1. The van der Waals surface area contributed by atoms with E-state index in [1.807, 2.05) is 13.8 Å². The van der Waals surface area contributed by atoms with Gasteiger partial charge in [-0.1, -0.05) is 25.7 Å². The zero-order valence-electron chi connectivity index (χ0n) is 10.7. The lowest BCUT2D eigenvalue weighted by Gasteiger charge is -2.23. The number of nitrogens with one attached hydrogen (secondary N) is 1. The summed E-state index contributed by atoms with van der Waals surface area (Å²) >= 11 is 0. The van der Waals surface area contributed by atoms with Gasteiger partial charge in [0.25, 0.3) is 6.43 Å². The Labute approximate surface area is 101 Å². The molecule has 0 radical (unpaired) electrons. The molecule has 96 valence electrons. The van der Waals surface area contributed by atoms with Crippen molar-refractivity contribution in [2.45, 2.75) is 52.5 Å². The van der Waals surface area contributed by atoms with Crippen molar-refractivity contribution < 1.29 is 13.6 Å². The molecule has 2 nitrogen and oxygen atoms in total. The molecule has 1 saturated carbocycles. The maximum Gasteiger partial charge on any atom is 0.252 e. The topological polar surface area (TPSA) is 29.1 Å². The molecular formula is C13H19F2NO. The molecule has 0 aromatic carbocycles. The third kappa shape index (κ3) is 3.42. The van der Waals surface area contributed by atoms with Gasteiger partial charge < -0.3 is 5.32 Å². The first kappa shape index (κ1) is 14.0. The van der Waals surface area contributed by atoms with E-state index in [1.54, 1.807) is 13.8 Å². The van der Waals surface area contributed by atoms with Gasteiger partial charge in [-0.2, -0.15) is 0 Å². The predicted octanol–water partition coefficient (Wildman–Crippen LogP) is 2.59. The minimum absolute atomic E-state index is 0.191. The summed E-state index contributed by atoms with van der Waals surface area (Å²) in [6.45, 7) is 7.32. The summed E-state index contributed by atoms with van der Waals surface area (Å²) in [6.07, 6.45) is -2.05. The van der Waals surface area contributed by atoms with Gasteiger partial charge in [0.2, 0.25) is 5.91 Å². The Hall–Kier alpha value is -1.11. The van der Waals surface area contributed by atoms with Gasteiger partial charge in [0.15, 0.2) is 0 Å². The highest BCUT2D eigenvalue weighted by Gasteiger charge is 2.58. The summed E-state index contributed by atoms with van der Waals surface area (Å²) < 4.78 is 25.4. The molecule has 0 aliphatic heterocycles. The number of hydrogen-bond acceptors (Lipinski definition) is 1. The first-order chi connectivity index (χ1) is 7.69. The molecule has 1 fully saturated rings. The van der Waals surface area contributed by atoms with Crippen LogP contribution in [-0.4, -0.2) is 17.9 Å². The summed E-state index contributed by atoms with van der Waals surface area (Å²) in [7, 11) is 0. The highest BCUT2D eigenvalue weighted by molar-refractivity contribution is 5.86. The molecule has 1 aliphatic rings. The van der Waals surface area contributed by atoms with Crippen LogP contribution in [0.15, 0.2) is 0 Å². The Kier molecular flexibility index (Phi) is 3.81. The number of halogens is 2. The van der Waals surface area contributed by atoms with Crippen LogP contribution < -0.4 is 5.32 Å². The molecule has 1 N–H and O–H groups in total. The van der Waals surface area contributed by atoms with Gasteiger partial charge in [-0.15, -0.1) is 0 Å². The molecule has 17 heavy (non-hydrogen) atoms. The molecule has 0 spiro atoms. The molecule has 0 heterocycles. The second-order valence-electron chi connectivity index (χ2n) is 5.46. The van der Waals surface area contributed by atoms with Crippen LogP contribution in [-0.2, 0) is 4.79 Å². The van der Waals surface area contributed by atoms with Crippen molar-refractivity contribution in [2.75, 3.05) is 0 Å². The fourth-order valence-electron chi connectivity index (χ4n) is 1.44. The molecular weight excluding hydrogens is 224 g/mol. The SMILES string of the molecule is CC(C)C#CC(C)(C)NC(=O)C1(C(F)F)CC1. The van der Waals surface area contributed by atoms with Crippen molar-refractivity contribution in [2.24, 2.45) is 11.3 Å². The Bertz CT molecular complexity index is 359. The highest BCUT2D eigenvalue weighted by atomic mass is 19.3. The van der Waals surface area contributed by atoms with Crippen molar-refractivity contribution in [3.8, 4) is 11.8 Å². The van der Waals surface area contributed by atoms with Gasteiger partial charge >= 0.3 is 0 Å². The Morgan fingerprint density at radius 3 is 2.24 bits per heavy atom. The molecule has 0 atom stereocenters. The van der Waals surface area contributed by atoms with Crippen molar-refractivity contribution in [1.29, 1.82) is 0 Å². The summed E-state index contributed by atoms with van der Waals surface area (Å²) in [5, 5.41) is 2.60. The first-order valence-corrected chi connectivity index (χ1v) is 5.83. The minimum Gasteiger partial charge on any atom is -0.340 e. The van der Waals surface area contributed by atoms with Crippen molar-refractivity contribution in [1.82, 2.24) is 5.32 Å². The van der Waals surface area contributed by atoms with E-state index in [-0.39, 0.29) is 18.8 Å². The molecule has 0 bridgehead atoms. The van der Waals surface area contributed by atoms with E-state index in [9.17, 15) is 13.6 Å². The molecule has 0 unspecified atom stereocenters. The highest BCUT2D eigenvalue weighted by Crippen LogP contribution is 2.51. The van der Waals surface area contributed by atoms with Gasteiger partial charge in [-0.25, -0.2) is 8.78 Å². The van der Waals surface area contributed by atoms with Crippen LogP contribution in [0.2, 0.25) is 0 Å². The lowest BCUT2D eigenvalue weighted by Crippen LogP contribution is -2.47. The van der Waals surface area contributed by atoms with E-state index in [4.69, 9.17) is 0 Å². The standard InChI is InChI=1S/C13H19F2NO/c1-9(2)5-6-12(3,4)16-11(17)13(7-8-13)10(14)15/h9-10H,7-8H2,1-4H3,(H,16,17). The normalized spacial score (nSPS) is 17.6.